The molecule has 1 aliphatic rings. The van der Waals surface area contributed by atoms with Crippen molar-refractivity contribution in [2.45, 2.75) is 32.4 Å². The zero-order valence-corrected chi connectivity index (χ0v) is 12.6. The van der Waals surface area contributed by atoms with Crippen molar-refractivity contribution < 1.29 is 13.2 Å². The van der Waals surface area contributed by atoms with Gasteiger partial charge in [0, 0.05) is 24.9 Å². The number of benzene rings is 1. The van der Waals surface area contributed by atoms with E-state index in [0.29, 0.717) is 18.8 Å². The molecule has 20 heavy (non-hydrogen) atoms. The quantitative estimate of drug-likeness (QED) is 0.584. The van der Waals surface area contributed by atoms with Gasteiger partial charge >= 0.3 is 0 Å². The highest BCUT2D eigenvalue weighted by Gasteiger charge is 2.37. The van der Waals surface area contributed by atoms with Crippen molar-refractivity contribution >= 4 is 15.7 Å². The molecule has 0 atom stereocenters. The number of anilines is 1. The average molecular weight is 298 g/mol. The van der Waals surface area contributed by atoms with Gasteiger partial charge in [-0.2, -0.15) is 4.31 Å². The summed E-state index contributed by atoms with van der Waals surface area (Å²) in [5, 5.41) is 0. The van der Waals surface area contributed by atoms with Crippen LogP contribution in [0.4, 0.5) is 5.69 Å². The summed E-state index contributed by atoms with van der Waals surface area (Å²) in [5.74, 6) is 0.0318. The van der Waals surface area contributed by atoms with Gasteiger partial charge in [0.25, 0.3) is 0 Å². The second-order valence-corrected chi connectivity index (χ2v) is 7.03. The van der Waals surface area contributed by atoms with E-state index in [4.69, 9.17) is 10.5 Å². The van der Waals surface area contributed by atoms with Crippen molar-refractivity contribution in [1.82, 2.24) is 4.31 Å². The lowest BCUT2D eigenvalue weighted by Gasteiger charge is -2.22. The Morgan fingerprint density at radius 1 is 1.35 bits per heavy atom. The lowest BCUT2D eigenvalue weighted by Crippen LogP contribution is -2.36. The van der Waals surface area contributed by atoms with Crippen LogP contribution in [0.5, 0.6) is 0 Å². The molecule has 1 aliphatic carbocycles. The Morgan fingerprint density at radius 2 is 2.05 bits per heavy atom. The first-order valence-electron chi connectivity index (χ1n) is 6.95. The van der Waals surface area contributed by atoms with Crippen LogP contribution in [-0.4, -0.2) is 37.7 Å². The molecule has 0 spiro atoms. The molecule has 5 nitrogen and oxygen atoms in total. The maximum absolute atomic E-state index is 12.4. The summed E-state index contributed by atoms with van der Waals surface area (Å²) in [6, 6.07) is 7.53. The Bertz CT molecular complexity index is 541. The molecule has 0 bridgehead atoms. The molecule has 0 aliphatic heterocycles. The van der Waals surface area contributed by atoms with Crippen molar-refractivity contribution in [1.29, 1.82) is 0 Å². The summed E-state index contributed by atoms with van der Waals surface area (Å²) in [5.41, 5.74) is 7.41. The third-order valence-electron chi connectivity index (χ3n) is 3.38. The fourth-order valence-electron chi connectivity index (χ4n) is 2.09. The van der Waals surface area contributed by atoms with Crippen molar-refractivity contribution in [3.05, 3.63) is 29.8 Å². The van der Waals surface area contributed by atoms with Gasteiger partial charge < -0.3 is 10.5 Å². The van der Waals surface area contributed by atoms with Gasteiger partial charge in [-0.1, -0.05) is 18.2 Å². The minimum atomic E-state index is -3.29. The molecule has 0 amide bonds. The van der Waals surface area contributed by atoms with Gasteiger partial charge in [-0.25, -0.2) is 8.42 Å². The van der Waals surface area contributed by atoms with E-state index in [9.17, 15) is 8.42 Å². The highest BCUT2D eigenvalue weighted by molar-refractivity contribution is 7.89. The number of nitrogen functional groups attached to an aromatic ring is 1. The SMILES string of the molecule is CCOCCS(=O)(=O)N(Cc1ccccc1N)C1CC1. The van der Waals surface area contributed by atoms with Crippen LogP contribution in [0.25, 0.3) is 0 Å². The van der Waals surface area contributed by atoms with E-state index in [1.165, 1.54) is 0 Å². The highest BCUT2D eigenvalue weighted by Crippen LogP contribution is 2.31. The zero-order chi connectivity index (χ0) is 14.6. The number of nitrogens with zero attached hydrogens (tertiary/aromatic N) is 1. The van der Waals surface area contributed by atoms with Crippen LogP contribution in [0.3, 0.4) is 0 Å². The molecule has 0 unspecified atom stereocenters. The first-order chi connectivity index (χ1) is 9.54. The lowest BCUT2D eigenvalue weighted by molar-refractivity contribution is 0.162. The molecule has 2 N–H and O–H groups in total. The van der Waals surface area contributed by atoms with Crippen molar-refractivity contribution in [2.24, 2.45) is 0 Å². The lowest BCUT2D eigenvalue weighted by atomic mass is 10.2. The van der Waals surface area contributed by atoms with E-state index in [2.05, 4.69) is 0 Å². The Labute approximate surface area is 120 Å². The third-order valence-corrected chi connectivity index (χ3v) is 5.21. The third kappa shape index (κ3) is 3.94. The van der Waals surface area contributed by atoms with Gasteiger partial charge in [-0.15, -0.1) is 0 Å². The van der Waals surface area contributed by atoms with Crippen LogP contribution in [0.1, 0.15) is 25.3 Å². The monoisotopic (exact) mass is 298 g/mol. The molecule has 0 radical (unpaired) electrons. The predicted molar refractivity (Wildman–Crippen MR) is 79.7 cm³/mol. The summed E-state index contributed by atoms with van der Waals surface area (Å²) >= 11 is 0. The molecule has 2 rings (SSSR count). The summed E-state index contributed by atoms with van der Waals surface area (Å²) in [6.07, 6.45) is 1.86. The van der Waals surface area contributed by atoms with Gasteiger partial charge in [0.05, 0.1) is 12.4 Å². The van der Waals surface area contributed by atoms with E-state index in [1.54, 1.807) is 10.4 Å². The van der Waals surface area contributed by atoms with Crippen LogP contribution < -0.4 is 5.73 Å². The van der Waals surface area contributed by atoms with Crippen molar-refractivity contribution in [2.75, 3.05) is 24.7 Å². The van der Waals surface area contributed by atoms with E-state index in [-0.39, 0.29) is 18.4 Å². The number of sulfonamides is 1. The Balaban J connectivity index is 2.09. The van der Waals surface area contributed by atoms with E-state index >= 15 is 0 Å². The minimum absolute atomic E-state index is 0.0318. The number of nitrogens with two attached hydrogens (primary N) is 1. The average Bonchev–Trinajstić information content (AvgIpc) is 3.22. The highest BCUT2D eigenvalue weighted by atomic mass is 32.2. The Morgan fingerprint density at radius 3 is 2.65 bits per heavy atom. The topological polar surface area (TPSA) is 72.6 Å². The van der Waals surface area contributed by atoms with Crippen LogP contribution in [0, 0.1) is 0 Å². The van der Waals surface area contributed by atoms with Crippen LogP contribution in [0.2, 0.25) is 0 Å². The summed E-state index contributed by atoms with van der Waals surface area (Å²) in [7, 11) is -3.29. The number of hydrogen-bond donors (Lipinski definition) is 1. The molecule has 1 fully saturated rings. The number of rotatable bonds is 8. The summed E-state index contributed by atoms with van der Waals surface area (Å²) in [6.45, 7) is 2.98. The molecular weight excluding hydrogens is 276 g/mol. The minimum Gasteiger partial charge on any atom is -0.398 e. The van der Waals surface area contributed by atoms with Gasteiger partial charge in [-0.05, 0) is 31.4 Å². The molecule has 1 aromatic carbocycles. The molecule has 112 valence electrons. The van der Waals surface area contributed by atoms with Crippen molar-refractivity contribution in [3.8, 4) is 0 Å². The van der Waals surface area contributed by atoms with Gasteiger partial charge in [-0.3, -0.25) is 0 Å². The first-order valence-corrected chi connectivity index (χ1v) is 8.56. The fourth-order valence-corrected chi connectivity index (χ4v) is 3.65. The largest absolute Gasteiger partial charge is 0.398 e. The van der Waals surface area contributed by atoms with E-state index < -0.39 is 10.0 Å². The maximum Gasteiger partial charge on any atom is 0.216 e. The maximum atomic E-state index is 12.4. The Hall–Kier alpha value is -1.11. The second kappa shape index (κ2) is 6.56. The molecule has 1 aromatic rings. The van der Waals surface area contributed by atoms with E-state index in [1.807, 2.05) is 25.1 Å². The first kappa shape index (κ1) is 15.3. The smallest absolute Gasteiger partial charge is 0.216 e. The number of hydrogen-bond acceptors (Lipinski definition) is 4. The summed E-state index contributed by atoms with van der Waals surface area (Å²) in [4.78, 5) is 0. The molecule has 0 saturated heterocycles. The molecule has 0 heterocycles. The molecular formula is C14H22N2O3S. The normalized spacial score (nSPS) is 15.7. The van der Waals surface area contributed by atoms with Crippen molar-refractivity contribution in [3.63, 3.8) is 0 Å². The fraction of sp³-hybridized carbons (Fsp3) is 0.571. The van der Waals surface area contributed by atoms with Crippen LogP contribution in [0.15, 0.2) is 24.3 Å². The van der Waals surface area contributed by atoms with Crippen LogP contribution in [-0.2, 0) is 21.3 Å². The van der Waals surface area contributed by atoms with Gasteiger partial charge in [0.1, 0.15) is 0 Å². The zero-order valence-electron chi connectivity index (χ0n) is 11.8. The van der Waals surface area contributed by atoms with Crippen LogP contribution >= 0.6 is 0 Å². The second-order valence-electron chi connectivity index (χ2n) is 4.99. The predicted octanol–water partition coefficient (Wildman–Crippen LogP) is 1.60. The standard InChI is InChI=1S/C14H22N2O3S/c1-2-19-9-10-20(17,18)16(13-7-8-13)11-12-5-3-4-6-14(12)15/h3-6,13H,2,7-11,15H2,1H3. The van der Waals surface area contributed by atoms with E-state index in [0.717, 1.165) is 18.4 Å². The van der Waals surface area contributed by atoms with Gasteiger partial charge in [0.2, 0.25) is 10.0 Å². The van der Waals surface area contributed by atoms with Gasteiger partial charge in [0.15, 0.2) is 0 Å². The Kier molecular flexibility index (Phi) is 5.01. The number of para-hydroxylation sites is 1. The molecule has 6 heteroatoms. The molecule has 0 aromatic heterocycles. The molecule has 1 saturated carbocycles. The number of ether oxygens (including phenoxy) is 1. The summed E-state index contributed by atoms with van der Waals surface area (Å²) < 4.78 is 31.6.